The number of halogens is 1. The Morgan fingerprint density at radius 1 is 1.44 bits per heavy atom. The summed E-state index contributed by atoms with van der Waals surface area (Å²) in [6.07, 6.45) is -1.14. The maximum Gasteiger partial charge on any atom is 0.307 e. The monoisotopic (exact) mass is 396 g/mol. The van der Waals surface area contributed by atoms with Crippen LogP contribution in [-0.2, 0) is 19.1 Å². The van der Waals surface area contributed by atoms with Crippen LogP contribution >= 0.6 is 11.6 Å². The average molecular weight is 397 g/mol. The number of nitro groups is 1. The van der Waals surface area contributed by atoms with Crippen molar-refractivity contribution in [1.82, 2.24) is 0 Å². The van der Waals surface area contributed by atoms with Gasteiger partial charge in [0.1, 0.15) is 5.78 Å². The van der Waals surface area contributed by atoms with Gasteiger partial charge in [-0.25, -0.2) is 0 Å². The molecule has 146 valence electrons. The fourth-order valence-electron chi connectivity index (χ4n) is 3.29. The van der Waals surface area contributed by atoms with Gasteiger partial charge in [0.05, 0.1) is 6.42 Å². The second kappa shape index (κ2) is 8.94. The minimum Gasteiger partial charge on any atom is -0.453 e. The van der Waals surface area contributed by atoms with Gasteiger partial charge in [0.15, 0.2) is 6.10 Å². The molecule has 9 heteroatoms. The molecule has 1 saturated carbocycles. The molecule has 0 heterocycles. The molecule has 0 unspecified atom stereocenters. The Morgan fingerprint density at radius 2 is 2.15 bits per heavy atom. The highest BCUT2D eigenvalue weighted by Crippen LogP contribution is 2.36. The summed E-state index contributed by atoms with van der Waals surface area (Å²) in [7, 11) is 0. The van der Waals surface area contributed by atoms with Crippen molar-refractivity contribution in [3.05, 3.63) is 39.4 Å². The Kier molecular flexibility index (Phi) is 6.90. The lowest BCUT2D eigenvalue weighted by molar-refractivity contribution is -0.490. The number of ether oxygens (including phenoxy) is 1. The van der Waals surface area contributed by atoms with E-state index in [0.29, 0.717) is 10.7 Å². The molecule has 1 fully saturated rings. The van der Waals surface area contributed by atoms with E-state index in [9.17, 15) is 24.5 Å². The SMILES string of the molecule is C[C@H](OC(=O)C[C@H]1C(=O)C[C@@H](C)[C@H]1C[N+](=O)[O-])C(=O)Nc1cccc(Cl)c1. The maximum atomic E-state index is 12.2. The zero-order valence-corrected chi connectivity index (χ0v) is 15.8. The largest absolute Gasteiger partial charge is 0.453 e. The molecule has 8 nitrogen and oxygen atoms in total. The van der Waals surface area contributed by atoms with Gasteiger partial charge in [-0.15, -0.1) is 0 Å². The van der Waals surface area contributed by atoms with Crippen LogP contribution in [0.15, 0.2) is 24.3 Å². The number of anilines is 1. The average Bonchev–Trinajstić information content (AvgIpc) is 2.81. The normalized spacial score (nSPS) is 22.9. The Balaban J connectivity index is 1.92. The van der Waals surface area contributed by atoms with E-state index >= 15 is 0 Å². The fourth-order valence-corrected chi connectivity index (χ4v) is 3.48. The first kappa shape index (κ1) is 20.8. The van der Waals surface area contributed by atoms with Crippen LogP contribution < -0.4 is 5.32 Å². The Morgan fingerprint density at radius 3 is 2.78 bits per heavy atom. The number of esters is 1. The van der Waals surface area contributed by atoms with Crippen molar-refractivity contribution in [2.24, 2.45) is 17.8 Å². The highest BCUT2D eigenvalue weighted by Gasteiger charge is 2.44. The third-order valence-electron chi connectivity index (χ3n) is 4.70. The number of nitrogens with zero attached hydrogens (tertiary/aromatic N) is 1. The van der Waals surface area contributed by atoms with Gasteiger partial charge in [0, 0.05) is 33.9 Å². The molecule has 1 amide bonds. The summed E-state index contributed by atoms with van der Waals surface area (Å²) >= 11 is 5.85. The van der Waals surface area contributed by atoms with E-state index in [-0.39, 0.29) is 31.1 Å². The minimum atomic E-state index is -1.08. The number of rotatable bonds is 7. The van der Waals surface area contributed by atoms with E-state index < -0.39 is 34.7 Å². The molecule has 27 heavy (non-hydrogen) atoms. The molecule has 1 aliphatic rings. The summed E-state index contributed by atoms with van der Waals surface area (Å²) in [5.74, 6) is -2.87. The first-order valence-electron chi connectivity index (χ1n) is 8.57. The summed E-state index contributed by atoms with van der Waals surface area (Å²) in [6.45, 7) is 2.81. The highest BCUT2D eigenvalue weighted by atomic mass is 35.5. The molecule has 0 bridgehead atoms. The van der Waals surface area contributed by atoms with Crippen LogP contribution in [0.5, 0.6) is 0 Å². The Labute approximate surface area is 161 Å². The zero-order chi connectivity index (χ0) is 20.1. The van der Waals surface area contributed by atoms with Crippen LogP contribution in [0.1, 0.15) is 26.7 Å². The summed E-state index contributed by atoms with van der Waals surface area (Å²) in [4.78, 5) is 46.7. The molecule has 0 spiro atoms. The van der Waals surface area contributed by atoms with Crippen LogP contribution in [-0.4, -0.2) is 35.2 Å². The number of hydrogen-bond acceptors (Lipinski definition) is 6. The smallest absolute Gasteiger partial charge is 0.307 e. The number of hydrogen-bond donors (Lipinski definition) is 1. The Hall–Kier alpha value is -2.48. The third-order valence-corrected chi connectivity index (χ3v) is 4.94. The van der Waals surface area contributed by atoms with E-state index in [1.807, 2.05) is 0 Å². The van der Waals surface area contributed by atoms with Crippen LogP contribution in [0, 0.1) is 27.9 Å². The number of ketones is 1. The number of carbonyl (C=O) groups excluding carboxylic acids is 3. The predicted octanol–water partition coefficient (Wildman–Crippen LogP) is 2.72. The van der Waals surface area contributed by atoms with Gasteiger partial charge in [-0.1, -0.05) is 24.6 Å². The maximum absolute atomic E-state index is 12.2. The van der Waals surface area contributed by atoms with Crippen molar-refractivity contribution in [3.8, 4) is 0 Å². The van der Waals surface area contributed by atoms with Crippen LogP contribution in [0.2, 0.25) is 5.02 Å². The second-order valence-corrected chi connectivity index (χ2v) is 7.21. The lowest BCUT2D eigenvalue weighted by Gasteiger charge is -2.18. The highest BCUT2D eigenvalue weighted by molar-refractivity contribution is 6.30. The third kappa shape index (κ3) is 5.75. The zero-order valence-electron chi connectivity index (χ0n) is 15.0. The molecule has 0 aliphatic heterocycles. The second-order valence-electron chi connectivity index (χ2n) is 6.77. The molecule has 1 N–H and O–H groups in total. The minimum absolute atomic E-state index is 0.163. The van der Waals surface area contributed by atoms with E-state index in [0.717, 1.165) is 0 Å². The van der Waals surface area contributed by atoms with Crippen molar-refractivity contribution in [1.29, 1.82) is 0 Å². The van der Waals surface area contributed by atoms with Crippen LogP contribution in [0.25, 0.3) is 0 Å². The lowest BCUT2D eigenvalue weighted by Crippen LogP contribution is -2.32. The molecule has 1 aromatic carbocycles. The van der Waals surface area contributed by atoms with Crippen LogP contribution in [0.3, 0.4) is 0 Å². The number of nitrogens with one attached hydrogen (secondary N) is 1. The van der Waals surface area contributed by atoms with Crippen LogP contribution in [0.4, 0.5) is 5.69 Å². The summed E-state index contributed by atoms with van der Waals surface area (Å²) in [6, 6.07) is 6.51. The topological polar surface area (TPSA) is 116 Å². The van der Waals surface area contributed by atoms with E-state index in [1.165, 1.54) is 6.92 Å². The van der Waals surface area contributed by atoms with Crippen molar-refractivity contribution in [2.45, 2.75) is 32.8 Å². The Bertz CT molecular complexity index is 753. The van der Waals surface area contributed by atoms with Gasteiger partial charge >= 0.3 is 5.97 Å². The lowest BCUT2D eigenvalue weighted by atomic mass is 9.88. The van der Waals surface area contributed by atoms with Gasteiger partial charge in [-0.05, 0) is 31.0 Å². The molecular formula is C18H21ClN2O6. The molecular weight excluding hydrogens is 376 g/mol. The van der Waals surface area contributed by atoms with Gasteiger partial charge in [0.25, 0.3) is 5.91 Å². The molecule has 0 aromatic heterocycles. The van der Waals surface area contributed by atoms with E-state index in [1.54, 1.807) is 31.2 Å². The summed E-state index contributed by atoms with van der Waals surface area (Å²) in [5.41, 5.74) is 0.459. The van der Waals surface area contributed by atoms with E-state index in [2.05, 4.69) is 5.32 Å². The molecule has 2 rings (SSSR count). The number of amides is 1. The standard InChI is InChI=1S/C18H21ClN2O6/c1-10-6-16(22)14(15(10)9-21(25)26)8-17(23)27-11(2)18(24)20-13-5-3-4-12(19)7-13/h3-5,7,10-11,14-15H,6,8-9H2,1-2H3,(H,20,24)/t10-,11+,14-,15-/m1/s1. The predicted molar refractivity (Wildman–Crippen MR) is 97.9 cm³/mol. The van der Waals surface area contributed by atoms with Gasteiger partial charge in [-0.3, -0.25) is 24.5 Å². The molecule has 4 atom stereocenters. The first-order valence-corrected chi connectivity index (χ1v) is 8.95. The van der Waals surface area contributed by atoms with Crippen molar-refractivity contribution >= 4 is 34.9 Å². The van der Waals surface area contributed by atoms with Crippen molar-refractivity contribution < 1.29 is 24.0 Å². The molecule has 1 aliphatic carbocycles. The van der Waals surface area contributed by atoms with Gasteiger partial charge in [-0.2, -0.15) is 0 Å². The summed E-state index contributed by atoms with van der Waals surface area (Å²) < 4.78 is 5.11. The van der Waals surface area contributed by atoms with Crippen molar-refractivity contribution in [3.63, 3.8) is 0 Å². The van der Waals surface area contributed by atoms with Gasteiger partial charge in [0.2, 0.25) is 6.54 Å². The number of benzene rings is 1. The number of carbonyl (C=O) groups is 3. The van der Waals surface area contributed by atoms with Crippen molar-refractivity contribution in [2.75, 3.05) is 11.9 Å². The quantitative estimate of drug-likeness (QED) is 0.430. The van der Waals surface area contributed by atoms with Gasteiger partial charge < -0.3 is 10.1 Å². The first-order chi connectivity index (χ1) is 12.7. The number of Topliss-reactive ketones (excluding diaryl/α,β-unsaturated/α-hetero) is 1. The summed E-state index contributed by atoms with van der Waals surface area (Å²) in [5, 5.41) is 13.8. The molecule has 1 aromatic rings. The van der Waals surface area contributed by atoms with E-state index in [4.69, 9.17) is 16.3 Å². The fraction of sp³-hybridized carbons (Fsp3) is 0.500. The molecule has 0 radical (unpaired) electrons. The molecule has 0 saturated heterocycles.